The molecule has 5 nitrogen and oxygen atoms in total. The average molecular weight is 278 g/mol. The van der Waals surface area contributed by atoms with Crippen LogP contribution >= 0.6 is 0 Å². The van der Waals surface area contributed by atoms with E-state index < -0.39 is 6.16 Å². The van der Waals surface area contributed by atoms with E-state index in [2.05, 4.69) is 16.8 Å². The predicted molar refractivity (Wildman–Crippen MR) is 77.1 cm³/mol. The number of likely N-dealkylation sites (N-methyl/N-ethyl adjacent to an activating group) is 1. The number of rotatable bonds is 4. The normalized spacial score (nSPS) is 16.9. The third-order valence-corrected chi connectivity index (χ3v) is 3.45. The first-order valence-corrected chi connectivity index (χ1v) is 6.95. The van der Waals surface area contributed by atoms with Crippen LogP contribution in [0, 0.1) is 6.92 Å². The molecule has 0 spiro atoms. The minimum Gasteiger partial charge on any atom is -0.433 e. The zero-order valence-electron chi connectivity index (χ0n) is 12.2. The molecular formula is C15H22N2O3. The lowest BCUT2D eigenvalue weighted by Gasteiger charge is -2.31. The SMILES string of the molecule is Cc1ccc(OC(=O)OCCN2CCN(C)CC2)cc1. The average Bonchev–Trinajstić information content (AvgIpc) is 2.44. The number of aryl methyl sites for hydroxylation is 1. The Kier molecular flexibility index (Phi) is 5.38. The quantitative estimate of drug-likeness (QED) is 0.620. The Morgan fingerprint density at radius 1 is 1.15 bits per heavy atom. The highest BCUT2D eigenvalue weighted by Crippen LogP contribution is 2.12. The van der Waals surface area contributed by atoms with Gasteiger partial charge in [0.25, 0.3) is 0 Å². The lowest BCUT2D eigenvalue weighted by Crippen LogP contribution is -2.45. The fourth-order valence-corrected chi connectivity index (χ4v) is 2.06. The molecule has 0 amide bonds. The van der Waals surface area contributed by atoms with E-state index >= 15 is 0 Å². The molecule has 5 heteroatoms. The summed E-state index contributed by atoms with van der Waals surface area (Å²) in [5.74, 6) is 0.514. The molecule has 0 saturated carbocycles. The molecule has 0 aliphatic carbocycles. The summed E-state index contributed by atoms with van der Waals surface area (Å²) in [6, 6.07) is 7.31. The lowest BCUT2D eigenvalue weighted by molar-refractivity contribution is 0.0762. The third kappa shape index (κ3) is 4.83. The molecule has 0 radical (unpaired) electrons. The second-order valence-corrected chi connectivity index (χ2v) is 5.16. The highest BCUT2D eigenvalue weighted by molar-refractivity contribution is 5.63. The van der Waals surface area contributed by atoms with Crippen LogP contribution in [0.15, 0.2) is 24.3 Å². The monoisotopic (exact) mass is 278 g/mol. The number of carbonyl (C=O) groups is 1. The van der Waals surface area contributed by atoms with Gasteiger partial charge in [0.2, 0.25) is 0 Å². The number of piperazine rings is 1. The molecule has 0 aromatic heterocycles. The van der Waals surface area contributed by atoms with Crippen molar-refractivity contribution in [1.82, 2.24) is 9.80 Å². The fraction of sp³-hybridized carbons (Fsp3) is 0.533. The molecule has 0 atom stereocenters. The maximum Gasteiger partial charge on any atom is 0.513 e. The van der Waals surface area contributed by atoms with Gasteiger partial charge in [-0.05, 0) is 26.1 Å². The van der Waals surface area contributed by atoms with E-state index in [1.165, 1.54) is 0 Å². The van der Waals surface area contributed by atoms with E-state index in [4.69, 9.17) is 9.47 Å². The Labute approximate surface area is 120 Å². The first-order valence-electron chi connectivity index (χ1n) is 6.95. The summed E-state index contributed by atoms with van der Waals surface area (Å²) >= 11 is 0. The summed E-state index contributed by atoms with van der Waals surface area (Å²) in [6.07, 6.45) is -0.636. The summed E-state index contributed by atoms with van der Waals surface area (Å²) in [6.45, 7) is 7.28. The maximum absolute atomic E-state index is 11.5. The molecule has 2 rings (SSSR count). The van der Waals surface area contributed by atoms with Crippen molar-refractivity contribution in [3.63, 3.8) is 0 Å². The van der Waals surface area contributed by atoms with Crippen LogP contribution in [0.1, 0.15) is 5.56 Å². The van der Waals surface area contributed by atoms with E-state index in [1.54, 1.807) is 12.1 Å². The standard InChI is InChI=1S/C15H22N2O3/c1-13-3-5-14(6-4-13)20-15(18)19-12-11-17-9-7-16(2)8-10-17/h3-6H,7-12H2,1-2H3. The van der Waals surface area contributed by atoms with E-state index in [0.717, 1.165) is 38.3 Å². The number of hydrogen-bond donors (Lipinski definition) is 0. The highest BCUT2D eigenvalue weighted by Gasteiger charge is 2.14. The van der Waals surface area contributed by atoms with Crippen LogP contribution in [0.25, 0.3) is 0 Å². The first kappa shape index (κ1) is 14.8. The number of benzene rings is 1. The maximum atomic E-state index is 11.5. The summed E-state index contributed by atoms with van der Waals surface area (Å²) < 4.78 is 10.2. The van der Waals surface area contributed by atoms with Crippen LogP contribution in [-0.4, -0.2) is 62.3 Å². The van der Waals surface area contributed by atoms with Crippen LogP contribution < -0.4 is 4.74 Å². The minimum atomic E-state index is -0.636. The molecule has 0 bridgehead atoms. The van der Waals surface area contributed by atoms with Crippen LogP contribution in [0.5, 0.6) is 5.75 Å². The molecule has 1 aromatic carbocycles. The second kappa shape index (κ2) is 7.26. The van der Waals surface area contributed by atoms with Gasteiger partial charge >= 0.3 is 6.16 Å². The predicted octanol–water partition coefficient (Wildman–Crippen LogP) is 1.76. The molecule has 110 valence electrons. The Morgan fingerprint density at radius 3 is 2.45 bits per heavy atom. The van der Waals surface area contributed by atoms with Crippen molar-refractivity contribution < 1.29 is 14.3 Å². The zero-order chi connectivity index (χ0) is 14.4. The Bertz CT molecular complexity index is 425. The van der Waals surface area contributed by atoms with E-state index in [9.17, 15) is 4.79 Å². The van der Waals surface area contributed by atoms with Crippen LogP contribution in [0.2, 0.25) is 0 Å². The van der Waals surface area contributed by atoms with Crippen LogP contribution in [0.4, 0.5) is 4.79 Å². The van der Waals surface area contributed by atoms with Crippen molar-refractivity contribution in [2.45, 2.75) is 6.92 Å². The van der Waals surface area contributed by atoms with Crippen molar-refractivity contribution in [2.75, 3.05) is 46.4 Å². The summed E-state index contributed by atoms with van der Waals surface area (Å²) in [4.78, 5) is 16.1. The van der Waals surface area contributed by atoms with Gasteiger partial charge in [-0.25, -0.2) is 4.79 Å². The Balaban J connectivity index is 1.64. The van der Waals surface area contributed by atoms with E-state index in [-0.39, 0.29) is 0 Å². The molecule has 1 aromatic rings. The second-order valence-electron chi connectivity index (χ2n) is 5.16. The fourth-order valence-electron chi connectivity index (χ4n) is 2.06. The topological polar surface area (TPSA) is 42.0 Å². The number of nitrogens with zero attached hydrogens (tertiary/aromatic N) is 2. The van der Waals surface area contributed by atoms with Gasteiger partial charge in [-0.1, -0.05) is 17.7 Å². The van der Waals surface area contributed by atoms with Gasteiger partial charge in [-0.2, -0.15) is 0 Å². The van der Waals surface area contributed by atoms with Crippen molar-refractivity contribution in [3.05, 3.63) is 29.8 Å². The number of hydrogen-bond acceptors (Lipinski definition) is 5. The van der Waals surface area contributed by atoms with Crippen molar-refractivity contribution >= 4 is 6.16 Å². The molecule has 1 aliphatic rings. The Hall–Kier alpha value is -1.59. The molecule has 1 aliphatic heterocycles. The largest absolute Gasteiger partial charge is 0.513 e. The van der Waals surface area contributed by atoms with Gasteiger partial charge in [0.1, 0.15) is 12.4 Å². The molecular weight excluding hydrogens is 256 g/mol. The van der Waals surface area contributed by atoms with Gasteiger partial charge in [-0.3, -0.25) is 4.90 Å². The van der Waals surface area contributed by atoms with E-state index in [0.29, 0.717) is 12.4 Å². The van der Waals surface area contributed by atoms with E-state index in [1.807, 2.05) is 19.1 Å². The van der Waals surface area contributed by atoms with Gasteiger partial charge in [-0.15, -0.1) is 0 Å². The van der Waals surface area contributed by atoms with Gasteiger partial charge in [0, 0.05) is 32.7 Å². The van der Waals surface area contributed by atoms with Crippen molar-refractivity contribution in [1.29, 1.82) is 0 Å². The first-order chi connectivity index (χ1) is 9.63. The smallest absolute Gasteiger partial charge is 0.433 e. The van der Waals surface area contributed by atoms with Crippen LogP contribution in [-0.2, 0) is 4.74 Å². The number of ether oxygens (including phenoxy) is 2. The summed E-state index contributed by atoms with van der Waals surface area (Å²) in [7, 11) is 2.12. The summed E-state index contributed by atoms with van der Waals surface area (Å²) in [5.41, 5.74) is 1.13. The lowest BCUT2D eigenvalue weighted by atomic mass is 10.2. The van der Waals surface area contributed by atoms with Gasteiger partial charge < -0.3 is 14.4 Å². The minimum absolute atomic E-state index is 0.369. The summed E-state index contributed by atoms with van der Waals surface area (Å²) in [5, 5.41) is 0. The highest BCUT2D eigenvalue weighted by atomic mass is 16.7. The molecule has 1 heterocycles. The van der Waals surface area contributed by atoms with Gasteiger partial charge in [0.05, 0.1) is 0 Å². The molecule has 1 saturated heterocycles. The third-order valence-electron chi connectivity index (χ3n) is 3.45. The van der Waals surface area contributed by atoms with Crippen molar-refractivity contribution in [2.24, 2.45) is 0 Å². The van der Waals surface area contributed by atoms with Crippen LogP contribution in [0.3, 0.4) is 0 Å². The van der Waals surface area contributed by atoms with Gasteiger partial charge in [0.15, 0.2) is 0 Å². The zero-order valence-corrected chi connectivity index (χ0v) is 12.2. The number of carbonyl (C=O) groups excluding carboxylic acids is 1. The molecule has 1 fully saturated rings. The Morgan fingerprint density at radius 2 is 1.80 bits per heavy atom. The molecule has 0 N–H and O–H groups in total. The molecule has 20 heavy (non-hydrogen) atoms. The van der Waals surface area contributed by atoms with Crippen molar-refractivity contribution in [3.8, 4) is 5.75 Å². The molecule has 0 unspecified atom stereocenters.